The van der Waals surface area contributed by atoms with Crippen LogP contribution in [0, 0.1) is 11.3 Å². The molecule has 2 aliphatic carbocycles. The second-order valence-corrected chi connectivity index (χ2v) is 9.57. The Morgan fingerprint density at radius 2 is 1.91 bits per heavy atom. The molecule has 1 N–H and O–H groups in total. The number of allylic oxidation sites excluding steroid dienone is 8. The van der Waals surface area contributed by atoms with Gasteiger partial charge in [0.1, 0.15) is 12.0 Å². The zero-order valence-electron chi connectivity index (χ0n) is 19.8. The summed E-state index contributed by atoms with van der Waals surface area (Å²) in [5, 5.41) is 5.21. The third kappa shape index (κ3) is 4.28. The quantitative estimate of drug-likeness (QED) is 0.420. The van der Waals surface area contributed by atoms with Gasteiger partial charge in [0.15, 0.2) is 0 Å². The van der Waals surface area contributed by atoms with E-state index in [1.165, 1.54) is 11.1 Å². The van der Waals surface area contributed by atoms with Gasteiger partial charge in [-0.15, -0.1) is 0 Å². The van der Waals surface area contributed by atoms with Crippen molar-refractivity contribution in [3.8, 4) is 11.3 Å². The van der Waals surface area contributed by atoms with Gasteiger partial charge in [0.05, 0.1) is 5.41 Å². The molecule has 2 aromatic carbocycles. The fourth-order valence-electron chi connectivity index (χ4n) is 5.10. The molecular weight excluding hydrogens is 420 g/mol. The molecule has 0 spiro atoms. The molecule has 0 saturated carbocycles. The van der Waals surface area contributed by atoms with Gasteiger partial charge in [0.25, 0.3) is 0 Å². The SMILES string of the molecule is CC(C)(C(=O)Nc1nc(-c2cccc3ccccc23)co1)C(C1=CCCC=C1)C1=CC=CCC1. The van der Waals surface area contributed by atoms with E-state index in [1.807, 2.05) is 38.1 Å². The summed E-state index contributed by atoms with van der Waals surface area (Å²) in [5.41, 5.74) is 3.52. The van der Waals surface area contributed by atoms with E-state index in [-0.39, 0.29) is 17.8 Å². The van der Waals surface area contributed by atoms with Gasteiger partial charge in [-0.2, -0.15) is 4.98 Å². The van der Waals surface area contributed by atoms with Crippen molar-refractivity contribution < 1.29 is 9.21 Å². The number of hydrogen-bond acceptors (Lipinski definition) is 3. The highest BCUT2D eigenvalue weighted by Gasteiger charge is 2.41. The van der Waals surface area contributed by atoms with Crippen molar-refractivity contribution in [2.75, 3.05) is 5.32 Å². The molecule has 1 heterocycles. The molecule has 3 aromatic rings. The van der Waals surface area contributed by atoms with Gasteiger partial charge in [0, 0.05) is 11.5 Å². The van der Waals surface area contributed by atoms with E-state index in [2.05, 4.69) is 65.0 Å². The lowest BCUT2D eigenvalue weighted by molar-refractivity contribution is -0.125. The van der Waals surface area contributed by atoms with Crippen LogP contribution in [0.5, 0.6) is 0 Å². The minimum absolute atomic E-state index is 0.00139. The van der Waals surface area contributed by atoms with Crippen molar-refractivity contribution in [2.45, 2.75) is 39.5 Å². The molecule has 1 atom stereocenters. The van der Waals surface area contributed by atoms with E-state index in [4.69, 9.17) is 4.42 Å². The topological polar surface area (TPSA) is 55.1 Å². The van der Waals surface area contributed by atoms with Crippen molar-refractivity contribution in [2.24, 2.45) is 11.3 Å². The van der Waals surface area contributed by atoms with Crippen LogP contribution in [0.1, 0.15) is 39.5 Å². The third-order valence-corrected chi connectivity index (χ3v) is 6.87. The zero-order chi connectivity index (χ0) is 23.5. The molecule has 4 nitrogen and oxygen atoms in total. The molecule has 0 bridgehead atoms. The molecule has 0 saturated heterocycles. The number of amides is 1. The van der Waals surface area contributed by atoms with Crippen LogP contribution >= 0.6 is 0 Å². The maximum absolute atomic E-state index is 13.6. The molecule has 0 radical (unpaired) electrons. The average molecular weight is 451 g/mol. The summed E-state index contributed by atoms with van der Waals surface area (Å²) in [4.78, 5) is 18.2. The second kappa shape index (κ2) is 9.30. The van der Waals surface area contributed by atoms with Gasteiger partial charge in [-0.3, -0.25) is 10.1 Å². The first kappa shape index (κ1) is 22.1. The molecule has 5 rings (SSSR count). The van der Waals surface area contributed by atoms with Crippen molar-refractivity contribution in [1.29, 1.82) is 0 Å². The van der Waals surface area contributed by atoms with E-state index in [1.54, 1.807) is 6.26 Å². The van der Waals surface area contributed by atoms with E-state index in [0.29, 0.717) is 5.69 Å². The lowest BCUT2D eigenvalue weighted by atomic mass is 9.67. The summed E-state index contributed by atoms with van der Waals surface area (Å²) >= 11 is 0. The van der Waals surface area contributed by atoms with Crippen LogP contribution in [0.4, 0.5) is 6.01 Å². The Hall–Kier alpha value is -3.66. The number of nitrogens with zero attached hydrogens (tertiary/aromatic N) is 1. The van der Waals surface area contributed by atoms with Gasteiger partial charge in [0.2, 0.25) is 5.91 Å². The molecule has 0 fully saturated rings. The third-order valence-electron chi connectivity index (χ3n) is 6.87. The molecule has 172 valence electrons. The van der Waals surface area contributed by atoms with Crippen LogP contribution in [0.15, 0.2) is 101 Å². The van der Waals surface area contributed by atoms with E-state index in [0.717, 1.165) is 42.0 Å². The van der Waals surface area contributed by atoms with Crippen molar-refractivity contribution in [3.63, 3.8) is 0 Å². The number of benzene rings is 2. The monoisotopic (exact) mass is 450 g/mol. The smallest absolute Gasteiger partial charge is 0.301 e. The number of aromatic nitrogens is 1. The molecule has 2 aliphatic rings. The maximum Gasteiger partial charge on any atom is 0.301 e. The van der Waals surface area contributed by atoms with Gasteiger partial charge in [-0.25, -0.2) is 0 Å². The van der Waals surface area contributed by atoms with Gasteiger partial charge >= 0.3 is 6.01 Å². The van der Waals surface area contributed by atoms with Gasteiger partial charge in [-0.1, -0.05) is 98.3 Å². The number of hydrogen-bond donors (Lipinski definition) is 1. The summed E-state index contributed by atoms with van der Waals surface area (Å²) in [7, 11) is 0. The number of anilines is 1. The first-order valence-electron chi connectivity index (χ1n) is 12.0. The minimum atomic E-state index is -0.682. The lowest BCUT2D eigenvalue weighted by Crippen LogP contribution is -2.39. The molecular formula is C30H30N2O2. The molecule has 34 heavy (non-hydrogen) atoms. The highest BCUT2D eigenvalue weighted by atomic mass is 16.4. The van der Waals surface area contributed by atoms with Crippen LogP contribution in [-0.4, -0.2) is 10.9 Å². The van der Waals surface area contributed by atoms with E-state index < -0.39 is 5.41 Å². The lowest BCUT2D eigenvalue weighted by Gasteiger charge is -2.36. The van der Waals surface area contributed by atoms with Crippen molar-refractivity contribution >= 4 is 22.7 Å². The molecule has 1 amide bonds. The summed E-state index contributed by atoms with van der Waals surface area (Å²) in [6.45, 7) is 4.04. The van der Waals surface area contributed by atoms with Crippen molar-refractivity contribution in [1.82, 2.24) is 4.98 Å². The summed E-state index contributed by atoms with van der Waals surface area (Å²) < 4.78 is 5.71. The van der Waals surface area contributed by atoms with E-state index in [9.17, 15) is 4.79 Å². The molecule has 0 aliphatic heterocycles. The standard InChI is InChI=1S/C30H30N2O2/c1-30(2,27(22-13-5-3-6-14-22)23-15-7-4-8-16-23)28(33)32-29-31-26(20-34-29)25-19-11-17-21-12-9-10-18-24(21)25/h3,5,7,9-13,15-20,27H,4,6,8,14H2,1-2H3,(H,31,32,33). The number of fused-ring (bicyclic) bond motifs is 1. The number of nitrogens with one attached hydrogen (secondary N) is 1. The highest BCUT2D eigenvalue weighted by molar-refractivity contribution is 5.97. The number of rotatable bonds is 6. The zero-order valence-corrected chi connectivity index (χ0v) is 19.8. The Morgan fingerprint density at radius 3 is 2.71 bits per heavy atom. The predicted molar refractivity (Wildman–Crippen MR) is 138 cm³/mol. The van der Waals surface area contributed by atoms with Crippen LogP contribution in [-0.2, 0) is 4.79 Å². The molecule has 1 aromatic heterocycles. The van der Waals surface area contributed by atoms with E-state index >= 15 is 0 Å². The molecule has 1 unspecified atom stereocenters. The summed E-state index contributed by atoms with van der Waals surface area (Å²) in [6, 6.07) is 14.5. The fraction of sp³-hybridized carbons (Fsp3) is 0.267. The minimum Gasteiger partial charge on any atom is -0.431 e. The van der Waals surface area contributed by atoms with Crippen LogP contribution in [0.25, 0.3) is 22.0 Å². The number of oxazole rings is 1. The summed E-state index contributed by atoms with van der Waals surface area (Å²) in [5.74, 6) is -0.0966. The normalized spacial score (nSPS) is 16.8. The van der Waals surface area contributed by atoms with Crippen molar-refractivity contribution in [3.05, 3.63) is 96.3 Å². The highest BCUT2D eigenvalue weighted by Crippen LogP contribution is 2.43. The van der Waals surface area contributed by atoms with Crippen LogP contribution in [0.3, 0.4) is 0 Å². The van der Waals surface area contributed by atoms with Crippen LogP contribution in [0.2, 0.25) is 0 Å². The van der Waals surface area contributed by atoms with Gasteiger partial charge in [-0.05, 0) is 42.0 Å². The van der Waals surface area contributed by atoms with Gasteiger partial charge < -0.3 is 4.42 Å². The number of carbonyl (C=O) groups excluding carboxylic acids is 1. The maximum atomic E-state index is 13.6. The average Bonchev–Trinajstić information content (AvgIpc) is 3.33. The Morgan fingerprint density at radius 1 is 1.06 bits per heavy atom. The Bertz CT molecular complexity index is 1330. The Labute approximate surface area is 200 Å². The fourth-order valence-corrected chi connectivity index (χ4v) is 5.10. The molecule has 4 heteroatoms. The first-order valence-corrected chi connectivity index (χ1v) is 12.0. The first-order chi connectivity index (χ1) is 16.5. The summed E-state index contributed by atoms with van der Waals surface area (Å²) in [6.07, 6.45) is 18.8. The second-order valence-electron chi connectivity index (χ2n) is 9.57. The van der Waals surface area contributed by atoms with Crippen LogP contribution < -0.4 is 5.32 Å². The number of carbonyl (C=O) groups is 1. The Balaban J connectivity index is 1.42. The Kier molecular flexibility index (Phi) is 6.06. The largest absolute Gasteiger partial charge is 0.431 e. The predicted octanol–water partition coefficient (Wildman–Crippen LogP) is 7.63.